The van der Waals surface area contributed by atoms with Crippen LogP contribution in [0.2, 0.25) is 0 Å². The van der Waals surface area contributed by atoms with Gasteiger partial charge in [-0.1, -0.05) is 27.3 Å². The molecule has 0 aliphatic rings. The molecule has 0 saturated heterocycles. The first-order valence-corrected chi connectivity index (χ1v) is 7.96. The van der Waals surface area contributed by atoms with E-state index in [9.17, 15) is 13.2 Å². The van der Waals surface area contributed by atoms with Crippen molar-refractivity contribution in [1.29, 1.82) is 0 Å². The van der Waals surface area contributed by atoms with Gasteiger partial charge in [0, 0.05) is 15.9 Å². The number of hydrogen-bond donors (Lipinski definition) is 2. The number of benzene rings is 1. The van der Waals surface area contributed by atoms with Gasteiger partial charge in [-0.2, -0.15) is 0 Å². The number of rotatable bonds is 3. The van der Waals surface area contributed by atoms with E-state index in [0.717, 1.165) is 4.47 Å². The lowest BCUT2D eigenvalue weighted by Gasteiger charge is -2.06. The zero-order valence-electron chi connectivity index (χ0n) is 9.23. The van der Waals surface area contributed by atoms with Crippen molar-refractivity contribution in [2.24, 2.45) is 0 Å². The van der Waals surface area contributed by atoms with E-state index in [1.54, 1.807) is 31.2 Å². The summed E-state index contributed by atoms with van der Waals surface area (Å²) in [6, 6.07) is 6.72. The molecule has 0 aliphatic carbocycles. The van der Waals surface area contributed by atoms with Crippen LogP contribution in [0.15, 0.2) is 37.7 Å². The fourth-order valence-electron chi connectivity index (χ4n) is 1.37. The minimum atomic E-state index is -3.71. The highest BCUT2D eigenvalue weighted by molar-refractivity contribution is 9.10. The Bertz CT molecular complexity index is 716. The predicted molar refractivity (Wildman–Crippen MR) is 74.6 cm³/mol. The average molecular weight is 349 g/mol. The van der Waals surface area contributed by atoms with Crippen molar-refractivity contribution < 1.29 is 8.42 Å². The molecule has 0 spiro atoms. The van der Waals surface area contributed by atoms with Crippen LogP contribution in [0.4, 0.5) is 5.69 Å². The van der Waals surface area contributed by atoms with E-state index in [4.69, 9.17) is 0 Å². The summed E-state index contributed by atoms with van der Waals surface area (Å²) in [5.74, 6) is 0. The molecule has 2 rings (SSSR count). The van der Waals surface area contributed by atoms with E-state index in [2.05, 4.69) is 25.6 Å². The Morgan fingerprint density at radius 1 is 1.28 bits per heavy atom. The van der Waals surface area contributed by atoms with Crippen molar-refractivity contribution >= 4 is 43.0 Å². The average Bonchev–Trinajstić information content (AvgIpc) is 2.62. The van der Waals surface area contributed by atoms with Gasteiger partial charge in [0.15, 0.2) is 4.21 Å². The molecule has 0 unspecified atom stereocenters. The van der Waals surface area contributed by atoms with Gasteiger partial charge in [-0.25, -0.2) is 8.42 Å². The van der Waals surface area contributed by atoms with Crippen LogP contribution in [0.3, 0.4) is 0 Å². The van der Waals surface area contributed by atoms with Crippen LogP contribution in [0.5, 0.6) is 0 Å². The lowest BCUT2D eigenvalue weighted by Crippen LogP contribution is -2.12. The summed E-state index contributed by atoms with van der Waals surface area (Å²) in [4.78, 5) is 13.2. The van der Waals surface area contributed by atoms with Crippen LogP contribution in [-0.2, 0) is 10.0 Å². The molecule has 2 N–H and O–H groups in total. The number of H-pyrrole nitrogens is 1. The van der Waals surface area contributed by atoms with E-state index in [1.807, 2.05) is 0 Å². The van der Waals surface area contributed by atoms with Crippen molar-refractivity contribution in [3.8, 4) is 0 Å². The Morgan fingerprint density at radius 2 is 1.89 bits per heavy atom. The molecule has 0 radical (unpaired) electrons. The molecular weight excluding hydrogens is 340 g/mol. The minimum absolute atomic E-state index is 0.00965. The van der Waals surface area contributed by atoms with Gasteiger partial charge in [0.25, 0.3) is 10.0 Å². The van der Waals surface area contributed by atoms with Gasteiger partial charge in [0.05, 0.1) is 0 Å². The van der Waals surface area contributed by atoms with Crippen LogP contribution >= 0.6 is 27.3 Å². The highest BCUT2D eigenvalue weighted by Gasteiger charge is 2.20. The van der Waals surface area contributed by atoms with Gasteiger partial charge in [0.1, 0.15) is 0 Å². The number of hydrogen-bond acceptors (Lipinski definition) is 4. The SMILES string of the molecule is Cc1[nH]c(=O)sc1S(=O)(=O)Nc1ccc(Br)cc1. The lowest BCUT2D eigenvalue weighted by molar-refractivity contribution is 0.602. The standard InChI is InChI=1S/C10H9BrN2O3S2/c1-6-9(17-10(14)12-6)18(15,16)13-8-4-2-7(11)3-5-8/h2-5,13H,1H3,(H,12,14). The molecule has 0 bridgehead atoms. The van der Waals surface area contributed by atoms with Crippen LogP contribution in [0, 0.1) is 6.92 Å². The monoisotopic (exact) mass is 348 g/mol. The Hall–Kier alpha value is -1.12. The zero-order chi connectivity index (χ0) is 13.3. The first kappa shape index (κ1) is 13.3. The number of sulfonamides is 1. The quantitative estimate of drug-likeness (QED) is 0.893. The highest BCUT2D eigenvalue weighted by Crippen LogP contribution is 2.21. The molecule has 96 valence electrons. The van der Waals surface area contributed by atoms with Gasteiger partial charge < -0.3 is 4.98 Å². The summed E-state index contributed by atoms with van der Waals surface area (Å²) >= 11 is 3.94. The molecule has 2 aromatic rings. The third-order valence-electron chi connectivity index (χ3n) is 2.12. The smallest absolute Gasteiger partial charge is 0.306 e. The van der Waals surface area contributed by atoms with Gasteiger partial charge >= 0.3 is 4.87 Å². The first-order valence-electron chi connectivity index (χ1n) is 4.86. The largest absolute Gasteiger partial charge is 0.315 e. The van der Waals surface area contributed by atoms with E-state index in [-0.39, 0.29) is 9.08 Å². The van der Waals surface area contributed by atoms with Crippen molar-refractivity contribution in [1.82, 2.24) is 4.98 Å². The molecule has 1 heterocycles. The molecule has 0 amide bonds. The van der Waals surface area contributed by atoms with Gasteiger partial charge in [-0.3, -0.25) is 9.52 Å². The van der Waals surface area contributed by atoms with Gasteiger partial charge in [-0.15, -0.1) is 0 Å². The normalized spacial score (nSPS) is 11.4. The summed E-state index contributed by atoms with van der Waals surface area (Å²) in [6.07, 6.45) is 0. The molecule has 0 atom stereocenters. The molecular formula is C10H9BrN2O3S2. The van der Waals surface area contributed by atoms with Gasteiger partial charge in [0.2, 0.25) is 0 Å². The number of anilines is 1. The maximum atomic E-state index is 12.0. The molecule has 1 aromatic carbocycles. The number of halogens is 1. The van der Waals surface area contributed by atoms with Gasteiger partial charge in [-0.05, 0) is 31.2 Å². The number of aromatic nitrogens is 1. The number of aryl methyl sites for hydroxylation is 1. The van der Waals surface area contributed by atoms with Crippen LogP contribution in [-0.4, -0.2) is 13.4 Å². The zero-order valence-corrected chi connectivity index (χ0v) is 12.4. The molecule has 0 fully saturated rings. The molecule has 1 aromatic heterocycles. The fraction of sp³-hybridized carbons (Fsp3) is 0.100. The second kappa shape index (κ2) is 4.87. The summed E-state index contributed by atoms with van der Waals surface area (Å²) in [5, 5.41) is 0. The van der Waals surface area contributed by atoms with E-state index >= 15 is 0 Å². The molecule has 8 heteroatoms. The fourth-order valence-corrected chi connectivity index (χ4v) is 3.99. The Balaban J connectivity index is 2.36. The van der Waals surface area contributed by atoms with Crippen LogP contribution in [0.25, 0.3) is 0 Å². The minimum Gasteiger partial charge on any atom is -0.315 e. The second-order valence-electron chi connectivity index (χ2n) is 3.54. The van der Waals surface area contributed by atoms with Crippen molar-refractivity contribution in [3.63, 3.8) is 0 Å². The van der Waals surface area contributed by atoms with Crippen molar-refractivity contribution in [2.45, 2.75) is 11.1 Å². The Labute approximate surface area is 116 Å². The predicted octanol–water partition coefficient (Wildman–Crippen LogP) is 2.31. The molecule has 5 nitrogen and oxygen atoms in total. The maximum absolute atomic E-state index is 12.0. The van der Waals surface area contributed by atoms with Crippen molar-refractivity contribution in [3.05, 3.63) is 44.1 Å². The van der Waals surface area contributed by atoms with E-state index < -0.39 is 10.0 Å². The summed E-state index contributed by atoms with van der Waals surface area (Å²) in [5.41, 5.74) is 0.785. The Morgan fingerprint density at radius 3 is 2.39 bits per heavy atom. The highest BCUT2D eigenvalue weighted by atomic mass is 79.9. The summed E-state index contributed by atoms with van der Waals surface area (Å²) in [6.45, 7) is 1.55. The number of aromatic amines is 1. The molecule has 0 aliphatic heterocycles. The van der Waals surface area contributed by atoms with Crippen LogP contribution < -0.4 is 9.60 Å². The van der Waals surface area contributed by atoms with E-state index in [1.165, 1.54) is 0 Å². The summed E-state index contributed by atoms with van der Waals surface area (Å²) < 4.78 is 27.4. The van der Waals surface area contributed by atoms with Crippen LogP contribution in [0.1, 0.15) is 5.69 Å². The van der Waals surface area contributed by atoms with E-state index in [0.29, 0.717) is 22.7 Å². The third-order valence-corrected chi connectivity index (χ3v) is 5.64. The number of thiazole rings is 1. The topological polar surface area (TPSA) is 79.0 Å². The number of nitrogens with one attached hydrogen (secondary N) is 2. The molecule has 18 heavy (non-hydrogen) atoms. The summed E-state index contributed by atoms with van der Waals surface area (Å²) in [7, 11) is -3.71. The second-order valence-corrected chi connectivity index (χ2v) is 7.32. The van der Waals surface area contributed by atoms with Crippen molar-refractivity contribution in [2.75, 3.05) is 4.72 Å². The molecule has 0 saturated carbocycles. The first-order chi connectivity index (χ1) is 8.38. The third kappa shape index (κ3) is 2.82. The Kier molecular flexibility index (Phi) is 3.60. The lowest BCUT2D eigenvalue weighted by atomic mass is 10.3. The maximum Gasteiger partial charge on any atom is 0.306 e.